The number of hydrogen-bond acceptors (Lipinski definition) is 3. The number of nitrogens with two attached hydrogens (primary N) is 1. The summed E-state index contributed by atoms with van der Waals surface area (Å²) >= 11 is 0. The molecule has 11 heavy (non-hydrogen) atoms. The van der Waals surface area contributed by atoms with E-state index in [1.807, 2.05) is 0 Å². The van der Waals surface area contributed by atoms with Crippen molar-refractivity contribution in [3.05, 3.63) is 0 Å². The fraction of sp³-hybridized carbons (Fsp3) is 0.857. The van der Waals surface area contributed by atoms with Crippen molar-refractivity contribution in [1.82, 2.24) is 0 Å². The van der Waals surface area contributed by atoms with E-state index >= 15 is 0 Å². The average Bonchev–Trinajstić information content (AvgIpc) is 2.68. The predicted octanol–water partition coefficient (Wildman–Crippen LogP) is -0.175. The molecule has 0 saturated heterocycles. The van der Waals surface area contributed by atoms with E-state index in [-0.39, 0.29) is 12.5 Å². The van der Waals surface area contributed by atoms with Crippen LogP contribution in [0.4, 0.5) is 0 Å². The lowest BCUT2D eigenvalue weighted by Gasteiger charge is -2.22. The van der Waals surface area contributed by atoms with Gasteiger partial charge in [-0.15, -0.1) is 0 Å². The number of rotatable bonds is 4. The van der Waals surface area contributed by atoms with Crippen LogP contribution in [0.1, 0.15) is 12.8 Å². The Morgan fingerprint density at radius 1 is 1.82 bits per heavy atom. The summed E-state index contributed by atoms with van der Waals surface area (Å²) < 4.78 is 4.76. The maximum absolute atomic E-state index is 10.7. The Kier molecular flexibility index (Phi) is 2.15. The average molecular weight is 159 g/mol. The lowest BCUT2D eigenvalue weighted by molar-refractivity contribution is -0.146. The van der Waals surface area contributed by atoms with Gasteiger partial charge in [0.05, 0.1) is 6.61 Å². The summed E-state index contributed by atoms with van der Waals surface area (Å²) in [5.41, 5.74) is 4.49. The lowest BCUT2D eigenvalue weighted by Crippen LogP contribution is -2.53. The molecule has 64 valence electrons. The van der Waals surface area contributed by atoms with Crippen molar-refractivity contribution in [2.24, 2.45) is 11.7 Å². The van der Waals surface area contributed by atoms with E-state index in [0.717, 1.165) is 12.8 Å². The van der Waals surface area contributed by atoms with Gasteiger partial charge < -0.3 is 15.6 Å². The Bertz CT molecular complexity index is 167. The first kappa shape index (κ1) is 8.49. The van der Waals surface area contributed by atoms with Gasteiger partial charge in [0.1, 0.15) is 5.54 Å². The molecule has 3 N–H and O–H groups in total. The smallest absolute Gasteiger partial charge is 0.326 e. The Balaban J connectivity index is 2.61. The van der Waals surface area contributed by atoms with Crippen molar-refractivity contribution in [2.75, 3.05) is 13.7 Å². The molecule has 0 aliphatic heterocycles. The van der Waals surface area contributed by atoms with E-state index in [1.165, 1.54) is 7.11 Å². The Hall–Kier alpha value is -0.610. The molecule has 0 aromatic carbocycles. The fourth-order valence-electron chi connectivity index (χ4n) is 1.19. The highest BCUT2D eigenvalue weighted by Crippen LogP contribution is 2.38. The second-order valence-electron chi connectivity index (χ2n) is 3.05. The highest BCUT2D eigenvalue weighted by atomic mass is 16.5. The van der Waals surface area contributed by atoms with Crippen molar-refractivity contribution >= 4 is 5.97 Å². The van der Waals surface area contributed by atoms with Gasteiger partial charge in [0.2, 0.25) is 0 Å². The summed E-state index contributed by atoms with van der Waals surface area (Å²) in [7, 11) is 1.47. The van der Waals surface area contributed by atoms with Crippen molar-refractivity contribution in [1.29, 1.82) is 0 Å². The zero-order valence-electron chi connectivity index (χ0n) is 6.54. The summed E-state index contributed by atoms with van der Waals surface area (Å²) in [6.45, 7) is 0.104. The first-order valence-electron chi connectivity index (χ1n) is 3.62. The maximum Gasteiger partial charge on any atom is 0.326 e. The third-order valence-electron chi connectivity index (χ3n) is 2.09. The number of hydrogen-bond donors (Lipinski definition) is 2. The van der Waals surface area contributed by atoms with Crippen LogP contribution in [-0.2, 0) is 9.53 Å². The van der Waals surface area contributed by atoms with Crippen molar-refractivity contribution in [2.45, 2.75) is 18.4 Å². The van der Waals surface area contributed by atoms with E-state index in [2.05, 4.69) is 0 Å². The molecule has 1 unspecified atom stereocenters. The Morgan fingerprint density at radius 3 is 2.64 bits per heavy atom. The summed E-state index contributed by atoms with van der Waals surface area (Å²) in [5.74, 6) is -0.846. The number of aliphatic carboxylic acids is 1. The van der Waals surface area contributed by atoms with Gasteiger partial charge in [-0.25, -0.2) is 0 Å². The van der Waals surface area contributed by atoms with E-state index in [4.69, 9.17) is 15.6 Å². The standard InChI is InChI=1S/C7H13NO3/c1-11-4-7(8,6(9)10)5-2-3-5/h5H,2-4,8H2,1H3,(H,9,10). The molecule has 0 amide bonds. The van der Waals surface area contributed by atoms with Crippen LogP contribution in [0, 0.1) is 5.92 Å². The zero-order chi connectivity index (χ0) is 8.48. The van der Waals surface area contributed by atoms with Gasteiger partial charge in [-0.2, -0.15) is 0 Å². The predicted molar refractivity (Wildman–Crippen MR) is 39.2 cm³/mol. The Labute approximate surface area is 65.3 Å². The van der Waals surface area contributed by atoms with Crippen LogP contribution in [0.25, 0.3) is 0 Å². The first-order chi connectivity index (χ1) is 5.11. The monoisotopic (exact) mass is 159 g/mol. The molecule has 1 saturated carbocycles. The van der Waals surface area contributed by atoms with Gasteiger partial charge in [-0.1, -0.05) is 0 Å². The van der Waals surface area contributed by atoms with Crippen LogP contribution in [-0.4, -0.2) is 30.3 Å². The summed E-state index contributed by atoms with van der Waals surface area (Å²) in [5, 5.41) is 8.77. The first-order valence-corrected chi connectivity index (χ1v) is 3.62. The molecule has 1 atom stereocenters. The van der Waals surface area contributed by atoms with Crippen molar-refractivity contribution in [3.63, 3.8) is 0 Å². The molecule has 4 heteroatoms. The topological polar surface area (TPSA) is 72.5 Å². The van der Waals surface area contributed by atoms with Crippen molar-refractivity contribution < 1.29 is 14.6 Å². The van der Waals surface area contributed by atoms with Gasteiger partial charge >= 0.3 is 5.97 Å². The molecule has 0 aromatic rings. The van der Waals surface area contributed by atoms with Gasteiger partial charge in [0.15, 0.2) is 0 Å². The molecule has 1 aliphatic rings. The normalized spacial score (nSPS) is 22.7. The number of carboxylic acids is 1. The highest BCUT2D eigenvalue weighted by Gasteiger charge is 2.48. The molecule has 1 rings (SSSR count). The van der Waals surface area contributed by atoms with Crippen LogP contribution in [0.15, 0.2) is 0 Å². The number of carboxylic acid groups (broad SMARTS) is 1. The van der Waals surface area contributed by atoms with Crippen LogP contribution in [0.5, 0.6) is 0 Å². The van der Waals surface area contributed by atoms with Crippen molar-refractivity contribution in [3.8, 4) is 0 Å². The minimum atomic E-state index is -1.14. The maximum atomic E-state index is 10.7. The van der Waals surface area contributed by atoms with Gasteiger partial charge in [0.25, 0.3) is 0 Å². The van der Waals surface area contributed by atoms with E-state index in [1.54, 1.807) is 0 Å². The van der Waals surface area contributed by atoms with E-state index in [0.29, 0.717) is 0 Å². The quantitative estimate of drug-likeness (QED) is 0.597. The molecular formula is C7H13NO3. The summed E-state index contributed by atoms with van der Waals surface area (Å²) in [6, 6.07) is 0. The molecule has 0 bridgehead atoms. The SMILES string of the molecule is COCC(N)(C(=O)O)C1CC1. The summed E-state index contributed by atoms with van der Waals surface area (Å²) in [4.78, 5) is 10.7. The van der Waals surface area contributed by atoms with Crippen LogP contribution >= 0.6 is 0 Å². The molecular weight excluding hydrogens is 146 g/mol. The molecule has 4 nitrogen and oxygen atoms in total. The third kappa shape index (κ3) is 1.52. The second kappa shape index (κ2) is 2.79. The van der Waals surface area contributed by atoms with E-state index < -0.39 is 11.5 Å². The van der Waals surface area contributed by atoms with Crippen LogP contribution in [0.3, 0.4) is 0 Å². The minimum absolute atomic E-state index is 0.104. The van der Waals surface area contributed by atoms with E-state index in [9.17, 15) is 4.79 Å². The third-order valence-corrected chi connectivity index (χ3v) is 2.09. The number of ether oxygens (including phenoxy) is 1. The molecule has 1 aliphatic carbocycles. The van der Waals surface area contributed by atoms with Crippen LogP contribution in [0.2, 0.25) is 0 Å². The second-order valence-corrected chi connectivity index (χ2v) is 3.05. The highest BCUT2D eigenvalue weighted by molar-refractivity contribution is 5.79. The van der Waals surface area contributed by atoms with Gasteiger partial charge in [0, 0.05) is 7.11 Å². The van der Waals surface area contributed by atoms with Gasteiger partial charge in [-0.05, 0) is 18.8 Å². The number of carbonyl (C=O) groups is 1. The molecule has 0 spiro atoms. The molecule has 0 aromatic heterocycles. The molecule has 0 radical (unpaired) electrons. The van der Waals surface area contributed by atoms with Gasteiger partial charge in [-0.3, -0.25) is 4.79 Å². The fourth-order valence-corrected chi connectivity index (χ4v) is 1.19. The minimum Gasteiger partial charge on any atom is -0.480 e. The van der Waals surface area contributed by atoms with Crippen LogP contribution < -0.4 is 5.73 Å². The summed E-state index contributed by atoms with van der Waals surface area (Å²) in [6.07, 6.45) is 1.82. The largest absolute Gasteiger partial charge is 0.480 e. The zero-order valence-corrected chi connectivity index (χ0v) is 6.54. The Morgan fingerprint density at radius 2 is 2.36 bits per heavy atom. The molecule has 0 heterocycles. The lowest BCUT2D eigenvalue weighted by atomic mass is 9.96. The number of methoxy groups -OCH3 is 1. The molecule has 1 fully saturated rings.